The highest BCUT2D eigenvalue weighted by Gasteiger charge is 2.06. The number of aromatic nitrogens is 2. The van der Waals surface area contributed by atoms with Crippen molar-refractivity contribution in [3.8, 4) is 0 Å². The normalized spacial score (nSPS) is 11.8. The van der Waals surface area contributed by atoms with Gasteiger partial charge in [0.05, 0.1) is 11.0 Å². The van der Waals surface area contributed by atoms with Crippen LogP contribution in [0.5, 0.6) is 0 Å². The van der Waals surface area contributed by atoms with E-state index >= 15 is 0 Å². The number of nitrogens with one attached hydrogen (secondary N) is 1. The molecule has 2 heteroatoms. The van der Waals surface area contributed by atoms with Crippen LogP contribution in [0.1, 0.15) is 0 Å². The van der Waals surface area contributed by atoms with Crippen molar-refractivity contribution in [3.05, 3.63) is 66.7 Å². The van der Waals surface area contributed by atoms with Crippen LogP contribution in [0.4, 0.5) is 0 Å². The minimum absolute atomic E-state index is 1.03. The van der Waals surface area contributed by atoms with Crippen LogP contribution in [-0.2, 0) is 0 Å². The molecule has 0 atom stereocenters. The molecule has 0 amide bonds. The average molecular weight is 268 g/mol. The summed E-state index contributed by atoms with van der Waals surface area (Å²) >= 11 is 0. The molecular formula is C19H12N2. The largest absolute Gasteiger partial charge is 0.354 e. The number of H-pyrrole nitrogens is 1. The number of hydrogen-bond donors (Lipinski definition) is 1. The Kier molecular flexibility index (Phi) is 1.98. The molecule has 98 valence electrons. The van der Waals surface area contributed by atoms with Crippen LogP contribution in [0.3, 0.4) is 0 Å². The van der Waals surface area contributed by atoms with E-state index in [1.165, 1.54) is 27.1 Å². The molecule has 0 aliphatic rings. The Morgan fingerprint density at radius 1 is 0.619 bits per heavy atom. The molecule has 0 aliphatic carbocycles. The zero-order valence-corrected chi connectivity index (χ0v) is 11.3. The fraction of sp³-hybridized carbons (Fsp3) is 0. The number of aromatic amines is 1. The molecule has 0 fully saturated rings. The molecule has 2 aromatic heterocycles. The molecule has 0 unspecified atom stereocenters. The molecule has 0 spiro atoms. The van der Waals surface area contributed by atoms with E-state index in [2.05, 4.69) is 65.6 Å². The maximum Gasteiger partial charge on any atom is 0.0730 e. The van der Waals surface area contributed by atoms with Crippen molar-refractivity contribution in [1.82, 2.24) is 9.97 Å². The maximum atomic E-state index is 4.78. The molecule has 0 saturated heterocycles. The van der Waals surface area contributed by atoms with Crippen LogP contribution in [0.25, 0.3) is 43.6 Å². The first-order chi connectivity index (χ1) is 10.4. The van der Waals surface area contributed by atoms with Crippen molar-refractivity contribution in [2.45, 2.75) is 0 Å². The first kappa shape index (κ1) is 10.9. The van der Waals surface area contributed by atoms with Gasteiger partial charge >= 0.3 is 0 Å². The second kappa shape index (κ2) is 3.83. The summed E-state index contributed by atoms with van der Waals surface area (Å²) in [6, 6.07) is 23.3. The second-order valence-corrected chi connectivity index (χ2v) is 5.44. The molecule has 5 aromatic rings. The third kappa shape index (κ3) is 1.50. The quantitative estimate of drug-likeness (QED) is 0.392. The molecule has 5 rings (SSSR count). The van der Waals surface area contributed by atoms with E-state index in [-0.39, 0.29) is 0 Å². The number of benzene rings is 3. The number of para-hydroxylation sites is 2. The highest BCUT2D eigenvalue weighted by atomic mass is 14.7. The lowest BCUT2D eigenvalue weighted by Crippen LogP contribution is -1.82. The van der Waals surface area contributed by atoms with Gasteiger partial charge in [0, 0.05) is 32.6 Å². The second-order valence-electron chi connectivity index (χ2n) is 5.44. The molecule has 0 radical (unpaired) electrons. The van der Waals surface area contributed by atoms with Gasteiger partial charge < -0.3 is 4.98 Å². The zero-order chi connectivity index (χ0) is 13.8. The van der Waals surface area contributed by atoms with Crippen molar-refractivity contribution in [2.24, 2.45) is 0 Å². The lowest BCUT2D eigenvalue weighted by atomic mass is 10.1. The Hall–Kier alpha value is -2.87. The third-order valence-electron chi connectivity index (χ3n) is 4.14. The first-order valence-corrected chi connectivity index (χ1v) is 7.08. The van der Waals surface area contributed by atoms with Gasteiger partial charge in [-0.1, -0.05) is 36.4 Å². The summed E-state index contributed by atoms with van der Waals surface area (Å²) in [5, 5.41) is 4.90. The van der Waals surface area contributed by atoms with Gasteiger partial charge in [0.1, 0.15) is 0 Å². The SMILES string of the molecule is c1ccc2nc3cc4[nH]c5ccccc5c4cc3cc2c1. The van der Waals surface area contributed by atoms with Crippen LogP contribution in [0.2, 0.25) is 0 Å². The van der Waals surface area contributed by atoms with Gasteiger partial charge in [-0.3, -0.25) is 0 Å². The van der Waals surface area contributed by atoms with Crippen molar-refractivity contribution < 1.29 is 0 Å². The van der Waals surface area contributed by atoms with Crippen molar-refractivity contribution >= 4 is 43.6 Å². The van der Waals surface area contributed by atoms with Crippen LogP contribution >= 0.6 is 0 Å². The molecule has 0 aliphatic heterocycles. The van der Waals surface area contributed by atoms with Crippen LogP contribution in [0.15, 0.2) is 66.7 Å². The van der Waals surface area contributed by atoms with E-state index in [0.717, 1.165) is 16.6 Å². The molecule has 0 saturated carbocycles. The Labute approximate surface area is 121 Å². The van der Waals surface area contributed by atoms with Gasteiger partial charge in [0.15, 0.2) is 0 Å². The summed E-state index contributed by atoms with van der Waals surface area (Å²) < 4.78 is 0. The fourth-order valence-corrected chi connectivity index (χ4v) is 3.12. The minimum atomic E-state index is 1.03. The monoisotopic (exact) mass is 268 g/mol. The van der Waals surface area contributed by atoms with E-state index in [1.807, 2.05) is 6.07 Å². The number of nitrogens with zero attached hydrogens (tertiary/aromatic N) is 1. The van der Waals surface area contributed by atoms with Gasteiger partial charge in [-0.25, -0.2) is 4.98 Å². The number of fused-ring (bicyclic) bond motifs is 5. The van der Waals surface area contributed by atoms with Gasteiger partial charge in [0.2, 0.25) is 0 Å². The number of hydrogen-bond acceptors (Lipinski definition) is 1. The summed E-state index contributed by atoms with van der Waals surface area (Å²) in [6.45, 7) is 0. The molecule has 21 heavy (non-hydrogen) atoms. The maximum absolute atomic E-state index is 4.78. The molecule has 2 heterocycles. The molecule has 3 aromatic carbocycles. The Morgan fingerprint density at radius 2 is 1.48 bits per heavy atom. The van der Waals surface area contributed by atoms with Crippen molar-refractivity contribution in [1.29, 1.82) is 0 Å². The van der Waals surface area contributed by atoms with Gasteiger partial charge in [-0.2, -0.15) is 0 Å². The van der Waals surface area contributed by atoms with E-state index in [0.29, 0.717) is 0 Å². The summed E-state index contributed by atoms with van der Waals surface area (Å²) in [4.78, 5) is 8.26. The van der Waals surface area contributed by atoms with Crippen LogP contribution in [0, 0.1) is 0 Å². The first-order valence-electron chi connectivity index (χ1n) is 7.08. The van der Waals surface area contributed by atoms with Crippen LogP contribution in [-0.4, -0.2) is 9.97 Å². The van der Waals surface area contributed by atoms with Crippen molar-refractivity contribution in [2.75, 3.05) is 0 Å². The highest BCUT2D eigenvalue weighted by Crippen LogP contribution is 2.30. The molecular weight excluding hydrogens is 256 g/mol. The third-order valence-corrected chi connectivity index (χ3v) is 4.14. The minimum Gasteiger partial charge on any atom is -0.354 e. The Bertz CT molecular complexity index is 1130. The molecule has 1 N–H and O–H groups in total. The Balaban J connectivity index is 1.99. The predicted octanol–water partition coefficient (Wildman–Crippen LogP) is 5.02. The lowest BCUT2D eigenvalue weighted by molar-refractivity contribution is 1.49. The predicted molar refractivity (Wildman–Crippen MR) is 88.6 cm³/mol. The standard InChI is InChI=1S/C19H12N2/c1-3-7-16-12(5-1)9-13-10-15-14-6-2-4-8-17(14)21-19(15)11-18(13)20-16/h1-11,21H. The fourth-order valence-electron chi connectivity index (χ4n) is 3.12. The topological polar surface area (TPSA) is 28.7 Å². The summed E-state index contributed by atoms with van der Waals surface area (Å²) in [6.07, 6.45) is 0. The van der Waals surface area contributed by atoms with Gasteiger partial charge in [-0.05, 0) is 30.3 Å². The molecule has 0 bridgehead atoms. The van der Waals surface area contributed by atoms with E-state index < -0.39 is 0 Å². The average Bonchev–Trinajstić information content (AvgIpc) is 2.88. The van der Waals surface area contributed by atoms with E-state index in [4.69, 9.17) is 4.98 Å². The van der Waals surface area contributed by atoms with Crippen molar-refractivity contribution in [3.63, 3.8) is 0 Å². The number of pyridine rings is 1. The smallest absolute Gasteiger partial charge is 0.0730 e. The lowest BCUT2D eigenvalue weighted by Gasteiger charge is -2.02. The summed E-state index contributed by atoms with van der Waals surface area (Å²) in [7, 11) is 0. The summed E-state index contributed by atoms with van der Waals surface area (Å²) in [5.74, 6) is 0. The zero-order valence-electron chi connectivity index (χ0n) is 11.3. The van der Waals surface area contributed by atoms with E-state index in [1.54, 1.807) is 0 Å². The number of rotatable bonds is 0. The van der Waals surface area contributed by atoms with Gasteiger partial charge in [0.25, 0.3) is 0 Å². The van der Waals surface area contributed by atoms with E-state index in [9.17, 15) is 0 Å². The van der Waals surface area contributed by atoms with Gasteiger partial charge in [-0.15, -0.1) is 0 Å². The van der Waals surface area contributed by atoms with Crippen LogP contribution < -0.4 is 0 Å². The molecule has 2 nitrogen and oxygen atoms in total. The highest BCUT2D eigenvalue weighted by molar-refractivity contribution is 6.12. The Morgan fingerprint density at radius 3 is 2.48 bits per heavy atom. The summed E-state index contributed by atoms with van der Waals surface area (Å²) in [5.41, 5.74) is 4.40.